The minimum Gasteiger partial charge on any atom is -0.326 e. The third-order valence-electron chi connectivity index (χ3n) is 4.74. The van der Waals surface area contributed by atoms with Gasteiger partial charge in [-0.15, -0.1) is 11.3 Å². The Morgan fingerprint density at radius 3 is 2.79 bits per heavy atom. The fourth-order valence-corrected chi connectivity index (χ4v) is 4.10. The molecule has 7 heteroatoms. The van der Waals surface area contributed by atoms with E-state index in [1.165, 1.54) is 16.9 Å². The van der Waals surface area contributed by atoms with E-state index in [0.29, 0.717) is 10.7 Å². The lowest BCUT2D eigenvalue weighted by Crippen LogP contribution is -2.14. The first kappa shape index (κ1) is 20.6. The number of nitrogens with zero attached hydrogens (tertiary/aromatic N) is 3. The summed E-state index contributed by atoms with van der Waals surface area (Å²) in [6.45, 7) is 8.25. The molecule has 0 fully saturated rings. The lowest BCUT2D eigenvalue weighted by atomic mass is 10.1. The zero-order valence-corrected chi connectivity index (χ0v) is 18.2. The summed E-state index contributed by atoms with van der Waals surface area (Å²) in [6.07, 6.45) is 3.56. The van der Waals surface area contributed by atoms with E-state index in [1.807, 2.05) is 36.0 Å². The van der Waals surface area contributed by atoms with Gasteiger partial charge in [-0.2, -0.15) is 5.10 Å². The number of carbonyl (C=O) groups excluding carboxylic acids is 1. The number of thiazole rings is 1. The standard InChI is InChI=1S/C21H25ClN4OS/c1-5-6-7-18-14(3)25-26(15(18)4)21-24-17(12-28-21)11-20(27)23-16-9-8-13(2)19(22)10-16/h8-10,12H,5-7,11H2,1-4H3,(H,23,27). The molecule has 0 aliphatic rings. The van der Waals surface area contributed by atoms with Gasteiger partial charge < -0.3 is 5.32 Å². The Labute approximate surface area is 174 Å². The van der Waals surface area contributed by atoms with Gasteiger partial charge in [0.25, 0.3) is 0 Å². The van der Waals surface area contributed by atoms with Crippen LogP contribution >= 0.6 is 22.9 Å². The molecule has 0 saturated heterocycles. The smallest absolute Gasteiger partial charge is 0.230 e. The number of anilines is 1. The number of amides is 1. The molecule has 0 saturated carbocycles. The van der Waals surface area contributed by atoms with Crippen LogP contribution in [0.2, 0.25) is 5.02 Å². The van der Waals surface area contributed by atoms with Crippen LogP contribution in [-0.4, -0.2) is 20.7 Å². The van der Waals surface area contributed by atoms with Crippen LogP contribution in [0.4, 0.5) is 5.69 Å². The highest BCUT2D eigenvalue weighted by atomic mass is 35.5. The van der Waals surface area contributed by atoms with Crippen LogP contribution in [0.5, 0.6) is 0 Å². The first-order chi connectivity index (χ1) is 13.4. The van der Waals surface area contributed by atoms with E-state index in [1.54, 1.807) is 6.07 Å². The number of unbranched alkanes of at least 4 members (excludes halogenated alkanes) is 1. The van der Waals surface area contributed by atoms with Gasteiger partial charge in [-0.25, -0.2) is 9.67 Å². The number of nitrogens with one attached hydrogen (secondary N) is 1. The van der Waals surface area contributed by atoms with Crippen molar-refractivity contribution in [3.8, 4) is 5.13 Å². The highest BCUT2D eigenvalue weighted by Crippen LogP contribution is 2.23. The largest absolute Gasteiger partial charge is 0.326 e. The van der Waals surface area contributed by atoms with Crippen molar-refractivity contribution in [1.29, 1.82) is 0 Å². The van der Waals surface area contributed by atoms with Gasteiger partial charge in [0.15, 0.2) is 0 Å². The summed E-state index contributed by atoms with van der Waals surface area (Å²) in [5, 5.41) is 10.9. The number of benzene rings is 1. The molecule has 2 aromatic heterocycles. The van der Waals surface area contributed by atoms with Gasteiger partial charge in [0.2, 0.25) is 11.0 Å². The molecule has 0 atom stereocenters. The van der Waals surface area contributed by atoms with Crippen LogP contribution in [0.15, 0.2) is 23.6 Å². The predicted octanol–water partition coefficient (Wildman–Crippen LogP) is 5.43. The maximum Gasteiger partial charge on any atom is 0.230 e. The number of halogens is 1. The normalized spacial score (nSPS) is 11.0. The summed E-state index contributed by atoms with van der Waals surface area (Å²) < 4.78 is 1.89. The lowest BCUT2D eigenvalue weighted by molar-refractivity contribution is -0.115. The van der Waals surface area contributed by atoms with Crippen LogP contribution in [0.3, 0.4) is 0 Å². The maximum atomic E-state index is 12.4. The molecule has 148 valence electrons. The van der Waals surface area contributed by atoms with Crippen molar-refractivity contribution in [3.05, 3.63) is 56.8 Å². The zero-order valence-electron chi connectivity index (χ0n) is 16.7. The molecular formula is C21H25ClN4OS. The minimum absolute atomic E-state index is 0.117. The summed E-state index contributed by atoms with van der Waals surface area (Å²) in [6, 6.07) is 5.49. The van der Waals surface area contributed by atoms with E-state index in [9.17, 15) is 4.79 Å². The van der Waals surface area contributed by atoms with Crippen molar-refractivity contribution in [3.63, 3.8) is 0 Å². The summed E-state index contributed by atoms with van der Waals surface area (Å²) in [4.78, 5) is 17.0. The van der Waals surface area contributed by atoms with E-state index >= 15 is 0 Å². The van der Waals surface area contributed by atoms with Gasteiger partial charge in [-0.3, -0.25) is 4.79 Å². The van der Waals surface area contributed by atoms with Crippen molar-refractivity contribution in [2.24, 2.45) is 0 Å². The summed E-state index contributed by atoms with van der Waals surface area (Å²) in [5.41, 5.74) is 5.88. The highest BCUT2D eigenvalue weighted by Gasteiger charge is 2.16. The molecule has 5 nitrogen and oxygen atoms in total. The van der Waals surface area contributed by atoms with Crippen LogP contribution in [-0.2, 0) is 17.6 Å². The van der Waals surface area contributed by atoms with Crippen molar-refractivity contribution in [1.82, 2.24) is 14.8 Å². The van der Waals surface area contributed by atoms with Crippen molar-refractivity contribution >= 4 is 34.5 Å². The Hall–Kier alpha value is -2.18. The highest BCUT2D eigenvalue weighted by molar-refractivity contribution is 7.12. The van der Waals surface area contributed by atoms with E-state index < -0.39 is 0 Å². The van der Waals surface area contributed by atoms with Crippen molar-refractivity contribution < 1.29 is 4.79 Å². The molecule has 2 heterocycles. The van der Waals surface area contributed by atoms with Gasteiger partial charge >= 0.3 is 0 Å². The fourth-order valence-electron chi connectivity index (χ4n) is 3.09. The summed E-state index contributed by atoms with van der Waals surface area (Å²) >= 11 is 7.62. The Morgan fingerprint density at radius 2 is 2.07 bits per heavy atom. The SMILES string of the molecule is CCCCc1c(C)nn(-c2nc(CC(=O)Nc3ccc(C)c(Cl)c3)cs2)c1C. The number of hydrogen-bond acceptors (Lipinski definition) is 4. The fraction of sp³-hybridized carbons (Fsp3) is 0.381. The van der Waals surface area contributed by atoms with Gasteiger partial charge in [0.1, 0.15) is 0 Å². The Kier molecular flexibility index (Phi) is 6.52. The average Bonchev–Trinajstić information content (AvgIpc) is 3.21. The first-order valence-electron chi connectivity index (χ1n) is 9.45. The molecule has 1 aromatic carbocycles. The molecule has 0 spiro atoms. The monoisotopic (exact) mass is 416 g/mol. The molecule has 0 bridgehead atoms. The summed E-state index contributed by atoms with van der Waals surface area (Å²) in [7, 11) is 0. The average molecular weight is 417 g/mol. The third kappa shape index (κ3) is 4.62. The zero-order chi connectivity index (χ0) is 20.3. The Balaban J connectivity index is 1.70. The minimum atomic E-state index is -0.117. The first-order valence-corrected chi connectivity index (χ1v) is 10.7. The lowest BCUT2D eigenvalue weighted by Gasteiger charge is -2.06. The molecule has 28 heavy (non-hydrogen) atoms. The predicted molar refractivity (Wildman–Crippen MR) is 116 cm³/mol. The number of aromatic nitrogens is 3. The molecule has 3 rings (SSSR count). The molecule has 0 radical (unpaired) electrons. The number of hydrogen-bond donors (Lipinski definition) is 1. The molecule has 3 aromatic rings. The number of rotatable bonds is 7. The molecular weight excluding hydrogens is 392 g/mol. The van der Waals surface area contributed by atoms with Gasteiger partial charge in [-0.1, -0.05) is 31.0 Å². The van der Waals surface area contributed by atoms with E-state index in [2.05, 4.69) is 29.2 Å². The number of carbonyl (C=O) groups is 1. The second-order valence-corrected chi connectivity index (χ2v) is 8.22. The Morgan fingerprint density at radius 1 is 1.29 bits per heavy atom. The maximum absolute atomic E-state index is 12.4. The topological polar surface area (TPSA) is 59.8 Å². The van der Waals surface area contributed by atoms with Crippen LogP contribution in [0.25, 0.3) is 5.13 Å². The Bertz CT molecular complexity index is 992. The van der Waals surface area contributed by atoms with Crippen LogP contribution in [0.1, 0.15) is 48.0 Å². The second kappa shape index (κ2) is 8.88. The van der Waals surface area contributed by atoms with Gasteiger partial charge in [-0.05, 0) is 56.9 Å². The quantitative estimate of drug-likeness (QED) is 0.558. The van der Waals surface area contributed by atoms with Crippen molar-refractivity contribution in [2.75, 3.05) is 5.32 Å². The summed E-state index contributed by atoms with van der Waals surface area (Å²) in [5.74, 6) is -0.117. The van der Waals surface area contributed by atoms with Crippen LogP contribution in [0, 0.1) is 20.8 Å². The van der Waals surface area contributed by atoms with E-state index in [4.69, 9.17) is 11.6 Å². The molecule has 0 aliphatic heterocycles. The van der Waals surface area contributed by atoms with E-state index in [0.717, 1.165) is 47.0 Å². The van der Waals surface area contributed by atoms with Crippen molar-refractivity contribution in [2.45, 2.75) is 53.4 Å². The third-order valence-corrected chi connectivity index (χ3v) is 6.01. The second-order valence-electron chi connectivity index (χ2n) is 6.98. The van der Waals surface area contributed by atoms with Crippen LogP contribution < -0.4 is 5.32 Å². The number of aryl methyl sites for hydroxylation is 2. The molecule has 0 unspecified atom stereocenters. The van der Waals surface area contributed by atoms with Gasteiger partial charge in [0.05, 0.1) is 17.8 Å². The van der Waals surface area contributed by atoms with Gasteiger partial charge in [0, 0.05) is 21.8 Å². The molecule has 0 aliphatic carbocycles. The van der Waals surface area contributed by atoms with E-state index in [-0.39, 0.29) is 12.3 Å². The molecule has 1 amide bonds. The molecule has 1 N–H and O–H groups in total.